The van der Waals surface area contributed by atoms with E-state index in [4.69, 9.17) is 5.73 Å². The molecular formula is C13H17N3O2. The maximum Gasteiger partial charge on any atom is 0.316 e. The lowest BCUT2D eigenvalue weighted by Gasteiger charge is -2.12. The molecule has 0 bridgehead atoms. The van der Waals surface area contributed by atoms with Crippen LogP contribution in [0.3, 0.4) is 0 Å². The van der Waals surface area contributed by atoms with Crippen LogP contribution in [0.25, 0.3) is 0 Å². The fraction of sp³-hybridized carbons (Fsp3) is 0.385. The van der Waals surface area contributed by atoms with E-state index >= 15 is 0 Å². The highest BCUT2D eigenvalue weighted by molar-refractivity contribution is 5.95. The molecule has 0 heterocycles. The first-order chi connectivity index (χ1) is 8.65. The van der Waals surface area contributed by atoms with E-state index in [1.807, 2.05) is 0 Å². The van der Waals surface area contributed by atoms with Crippen LogP contribution in [0.1, 0.15) is 36.0 Å². The number of hydrogen-bond acceptors (Lipinski definition) is 2. The van der Waals surface area contributed by atoms with Crippen molar-refractivity contribution in [1.82, 2.24) is 5.32 Å². The van der Waals surface area contributed by atoms with Crippen LogP contribution in [0.4, 0.5) is 10.5 Å². The third-order valence-electron chi connectivity index (χ3n) is 3.11. The topological polar surface area (TPSA) is 84.2 Å². The molecule has 1 aromatic rings. The molecule has 0 saturated heterocycles. The number of nitrogens with one attached hydrogen (secondary N) is 2. The van der Waals surface area contributed by atoms with Gasteiger partial charge in [0, 0.05) is 17.3 Å². The highest BCUT2D eigenvalue weighted by Gasteiger charge is 2.17. The SMILES string of the molecule is NC(=O)Nc1ccc(C(=O)NC2CCCC2)cc1. The monoisotopic (exact) mass is 247 g/mol. The molecule has 5 heteroatoms. The van der Waals surface area contributed by atoms with Crippen molar-refractivity contribution in [2.75, 3.05) is 5.32 Å². The number of nitrogens with two attached hydrogens (primary N) is 1. The van der Waals surface area contributed by atoms with Crippen LogP contribution in [0.2, 0.25) is 0 Å². The Morgan fingerprint density at radius 3 is 2.28 bits per heavy atom. The lowest BCUT2D eigenvalue weighted by atomic mass is 10.1. The van der Waals surface area contributed by atoms with Gasteiger partial charge in [-0.2, -0.15) is 0 Å². The number of carbonyl (C=O) groups excluding carboxylic acids is 2. The van der Waals surface area contributed by atoms with Gasteiger partial charge in [-0.15, -0.1) is 0 Å². The van der Waals surface area contributed by atoms with Gasteiger partial charge in [-0.05, 0) is 37.1 Å². The first kappa shape index (κ1) is 12.4. The van der Waals surface area contributed by atoms with E-state index in [1.165, 1.54) is 12.8 Å². The minimum Gasteiger partial charge on any atom is -0.351 e. The quantitative estimate of drug-likeness (QED) is 0.761. The fourth-order valence-electron chi connectivity index (χ4n) is 2.19. The van der Waals surface area contributed by atoms with Gasteiger partial charge in [0.1, 0.15) is 0 Å². The zero-order chi connectivity index (χ0) is 13.0. The third kappa shape index (κ3) is 3.23. The molecule has 0 radical (unpaired) electrons. The summed E-state index contributed by atoms with van der Waals surface area (Å²) in [4.78, 5) is 22.6. The van der Waals surface area contributed by atoms with Gasteiger partial charge in [-0.1, -0.05) is 12.8 Å². The Kier molecular flexibility index (Phi) is 3.82. The second kappa shape index (κ2) is 5.53. The first-order valence-electron chi connectivity index (χ1n) is 6.12. The van der Waals surface area contributed by atoms with Gasteiger partial charge in [0.25, 0.3) is 5.91 Å². The number of benzene rings is 1. The molecule has 0 atom stereocenters. The van der Waals surface area contributed by atoms with Gasteiger partial charge in [-0.25, -0.2) is 4.79 Å². The normalized spacial score (nSPS) is 15.3. The summed E-state index contributed by atoms with van der Waals surface area (Å²) in [5.74, 6) is -0.0625. The minimum atomic E-state index is -0.613. The Morgan fingerprint density at radius 1 is 1.11 bits per heavy atom. The molecule has 0 aliphatic heterocycles. The number of primary amides is 1. The maximum absolute atomic E-state index is 11.9. The standard InChI is InChI=1S/C13H17N3O2/c14-13(18)16-11-7-5-9(6-8-11)12(17)15-10-3-1-2-4-10/h5-8,10H,1-4H2,(H,15,17)(H3,14,16,18). The second-order valence-electron chi connectivity index (χ2n) is 4.52. The molecule has 96 valence electrons. The summed E-state index contributed by atoms with van der Waals surface area (Å²) in [7, 11) is 0. The van der Waals surface area contributed by atoms with Gasteiger partial charge in [-0.3, -0.25) is 4.79 Å². The average Bonchev–Trinajstić information content (AvgIpc) is 2.82. The van der Waals surface area contributed by atoms with Crippen molar-refractivity contribution >= 4 is 17.6 Å². The van der Waals surface area contributed by atoms with E-state index in [0.29, 0.717) is 17.3 Å². The highest BCUT2D eigenvalue weighted by atomic mass is 16.2. The molecule has 0 aromatic heterocycles. The lowest BCUT2D eigenvalue weighted by molar-refractivity contribution is 0.0938. The second-order valence-corrected chi connectivity index (χ2v) is 4.52. The Bertz CT molecular complexity index is 436. The molecule has 1 aliphatic carbocycles. The smallest absolute Gasteiger partial charge is 0.316 e. The van der Waals surface area contributed by atoms with Gasteiger partial charge in [0.15, 0.2) is 0 Å². The molecule has 1 fully saturated rings. The Balaban J connectivity index is 1.95. The summed E-state index contributed by atoms with van der Waals surface area (Å²) >= 11 is 0. The number of anilines is 1. The molecular weight excluding hydrogens is 230 g/mol. The van der Waals surface area contributed by atoms with Crippen molar-refractivity contribution in [3.05, 3.63) is 29.8 Å². The molecule has 4 N–H and O–H groups in total. The Morgan fingerprint density at radius 2 is 1.72 bits per heavy atom. The minimum absolute atomic E-state index is 0.0625. The third-order valence-corrected chi connectivity index (χ3v) is 3.11. The van der Waals surface area contributed by atoms with Crippen molar-refractivity contribution in [2.24, 2.45) is 5.73 Å². The van der Waals surface area contributed by atoms with Gasteiger partial charge in [0.2, 0.25) is 0 Å². The molecule has 5 nitrogen and oxygen atoms in total. The van der Waals surface area contributed by atoms with Crippen molar-refractivity contribution in [1.29, 1.82) is 0 Å². The number of hydrogen-bond donors (Lipinski definition) is 3. The van der Waals surface area contributed by atoms with E-state index in [-0.39, 0.29) is 5.91 Å². The molecule has 1 aliphatic rings. The zero-order valence-electron chi connectivity index (χ0n) is 10.1. The van der Waals surface area contributed by atoms with E-state index in [9.17, 15) is 9.59 Å². The van der Waals surface area contributed by atoms with Crippen LogP contribution in [-0.4, -0.2) is 18.0 Å². The van der Waals surface area contributed by atoms with E-state index in [1.54, 1.807) is 24.3 Å². The van der Waals surface area contributed by atoms with Crippen LogP contribution >= 0.6 is 0 Å². The van der Waals surface area contributed by atoms with E-state index < -0.39 is 6.03 Å². The number of urea groups is 1. The maximum atomic E-state index is 11.9. The van der Waals surface area contributed by atoms with Gasteiger partial charge in [0.05, 0.1) is 0 Å². The molecule has 0 spiro atoms. The van der Waals surface area contributed by atoms with E-state index in [0.717, 1.165) is 12.8 Å². The number of carbonyl (C=O) groups is 2. The summed E-state index contributed by atoms with van der Waals surface area (Å²) in [6, 6.07) is 6.37. The van der Waals surface area contributed by atoms with Crippen LogP contribution < -0.4 is 16.4 Å². The van der Waals surface area contributed by atoms with Crippen molar-refractivity contribution in [3.63, 3.8) is 0 Å². The largest absolute Gasteiger partial charge is 0.351 e. The fourth-order valence-corrected chi connectivity index (χ4v) is 2.19. The van der Waals surface area contributed by atoms with Crippen LogP contribution in [0.5, 0.6) is 0 Å². The molecule has 18 heavy (non-hydrogen) atoms. The van der Waals surface area contributed by atoms with Crippen LogP contribution in [0.15, 0.2) is 24.3 Å². The Hall–Kier alpha value is -2.04. The number of amides is 3. The van der Waals surface area contributed by atoms with Gasteiger partial charge >= 0.3 is 6.03 Å². The van der Waals surface area contributed by atoms with E-state index in [2.05, 4.69) is 10.6 Å². The lowest BCUT2D eigenvalue weighted by Crippen LogP contribution is -2.32. The summed E-state index contributed by atoms with van der Waals surface area (Å²) in [5, 5.41) is 5.46. The van der Waals surface area contributed by atoms with Crippen LogP contribution in [-0.2, 0) is 0 Å². The molecule has 3 amide bonds. The average molecular weight is 247 g/mol. The van der Waals surface area contributed by atoms with Crippen molar-refractivity contribution < 1.29 is 9.59 Å². The summed E-state index contributed by atoms with van der Waals surface area (Å²) in [6.07, 6.45) is 4.50. The Labute approximate surface area is 106 Å². The van der Waals surface area contributed by atoms with Crippen molar-refractivity contribution in [3.8, 4) is 0 Å². The van der Waals surface area contributed by atoms with Gasteiger partial charge < -0.3 is 16.4 Å². The van der Waals surface area contributed by atoms with Crippen LogP contribution in [0, 0.1) is 0 Å². The number of rotatable bonds is 3. The molecule has 1 aromatic carbocycles. The molecule has 0 unspecified atom stereocenters. The summed E-state index contributed by atoms with van der Waals surface area (Å²) in [5.41, 5.74) is 6.18. The molecule has 2 rings (SSSR count). The summed E-state index contributed by atoms with van der Waals surface area (Å²) in [6.45, 7) is 0. The molecule has 1 saturated carbocycles. The predicted molar refractivity (Wildman–Crippen MR) is 69.4 cm³/mol. The predicted octanol–water partition coefficient (Wildman–Crippen LogP) is 1.85. The first-order valence-corrected chi connectivity index (χ1v) is 6.12. The highest BCUT2D eigenvalue weighted by Crippen LogP contribution is 2.18. The van der Waals surface area contributed by atoms with Crippen molar-refractivity contribution in [2.45, 2.75) is 31.7 Å². The summed E-state index contributed by atoms with van der Waals surface area (Å²) < 4.78 is 0. The zero-order valence-corrected chi connectivity index (χ0v) is 10.1.